The number of nitrogens with zero attached hydrogens (tertiary/aromatic N) is 1. The summed E-state index contributed by atoms with van der Waals surface area (Å²) in [7, 11) is 4.09. The number of hydrogen-bond donors (Lipinski definition) is 1. The van der Waals surface area contributed by atoms with Crippen molar-refractivity contribution in [1.82, 2.24) is 0 Å². The van der Waals surface area contributed by atoms with Crippen LogP contribution in [0.2, 0.25) is 0 Å². The van der Waals surface area contributed by atoms with Crippen LogP contribution in [0.25, 0.3) is 11.1 Å². The van der Waals surface area contributed by atoms with Crippen LogP contribution < -0.4 is 10.6 Å². The quantitative estimate of drug-likeness (QED) is 0.890. The second kappa shape index (κ2) is 5.23. The van der Waals surface area contributed by atoms with Crippen LogP contribution in [0.4, 0.5) is 5.69 Å². The van der Waals surface area contributed by atoms with Gasteiger partial charge in [-0.2, -0.15) is 0 Å². The molecule has 0 radical (unpaired) electrons. The normalized spacial score (nSPS) is 12.2. The second-order valence-electron chi connectivity index (χ2n) is 4.82. The number of benzene rings is 2. The molecule has 2 aromatic rings. The summed E-state index contributed by atoms with van der Waals surface area (Å²) in [6.07, 6.45) is 0. The van der Waals surface area contributed by atoms with Crippen molar-refractivity contribution in [2.24, 2.45) is 5.73 Å². The average Bonchev–Trinajstić information content (AvgIpc) is 2.39. The van der Waals surface area contributed by atoms with Gasteiger partial charge in [0.15, 0.2) is 0 Å². The van der Waals surface area contributed by atoms with E-state index in [2.05, 4.69) is 47.4 Å². The summed E-state index contributed by atoms with van der Waals surface area (Å²) in [6.45, 7) is 2.02. The Morgan fingerprint density at radius 2 is 1.56 bits per heavy atom. The molecule has 2 N–H and O–H groups in total. The molecule has 2 nitrogen and oxygen atoms in total. The van der Waals surface area contributed by atoms with E-state index in [4.69, 9.17) is 5.73 Å². The SMILES string of the molecule is CC(N)c1ccccc1-c1ccc(N(C)C)cc1. The van der Waals surface area contributed by atoms with Crippen molar-refractivity contribution in [2.75, 3.05) is 19.0 Å². The summed E-state index contributed by atoms with van der Waals surface area (Å²) >= 11 is 0. The van der Waals surface area contributed by atoms with Gasteiger partial charge >= 0.3 is 0 Å². The van der Waals surface area contributed by atoms with Crippen LogP contribution in [0, 0.1) is 0 Å². The van der Waals surface area contributed by atoms with Gasteiger partial charge in [-0.05, 0) is 35.7 Å². The lowest BCUT2D eigenvalue weighted by molar-refractivity contribution is 0.820. The number of anilines is 1. The Balaban J connectivity index is 2.43. The fraction of sp³-hybridized carbons (Fsp3) is 0.250. The van der Waals surface area contributed by atoms with Gasteiger partial charge in [0, 0.05) is 25.8 Å². The van der Waals surface area contributed by atoms with E-state index < -0.39 is 0 Å². The van der Waals surface area contributed by atoms with Gasteiger partial charge in [0.05, 0.1) is 0 Å². The van der Waals surface area contributed by atoms with Crippen molar-refractivity contribution in [3.05, 3.63) is 54.1 Å². The van der Waals surface area contributed by atoms with Crippen LogP contribution in [-0.2, 0) is 0 Å². The number of nitrogens with two attached hydrogens (primary N) is 1. The minimum Gasteiger partial charge on any atom is -0.378 e. The maximum atomic E-state index is 6.02. The summed E-state index contributed by atoms with van der Waals surface area (Å²) in [5.41, 5.74) is 10.9. The highest BCUT2D eigenvalue weighted by atomic mass is 15.1. The first-order valence-electron chi connectivity index (χ1n) is 6.22. The van der Waals surface area contributed by atoms with Crippen molar-refractivity contribution in [1.29, 1.82) is 0 Å². The Labute approximate surface area is 109 Å². The Bertz CT molecular complexity index is 513. The highest BCUT2D eigenvalue weighted by Crippen LogP contribution is 2.28. The smallest absolute Gasteiger partial charge is 0.0361 e. The summed E-state index contributed by atoms with van der Waals surface area (Å²) < 4.78 is 0. The number of hydrogen-bond acceptors (Lipinski definition) is 2. The summed E-state index contributed by atoms with van der Waals surface area (Å²) in [5, 5.41) is 0. The average molecular weight is 240 g/mol. The Morgan fingerprint density at radius 3 is 2.11 bits per heavy atom. The largest absolute Gasteiger partial charge is 0.378 e. The van der Waals surface area contributed by atoms with Gasteiger partial charge in [-0.15, -0.1) is 0 Å². The van der Waals surface area contributed by atoms with E-state index in [1.807, 2.05) is 27.1 Å². The summed E-state index contributed by atoms with van der Waals surface area (Å²) in [4.78, 5) is 2.10. The van der Waals surface area contributed by atoms with Crippen LogP contribution in [0.1, 0.15) is 18.5 Å². The summed E-state index contributed by atoms with van der Waals surface area (Å²) in [5.74, 6) is 0. The highest BCUT2D eigenvalue weighted by molar-refractivity contribution is 5.70. The lowest BCUT2D eigenvalue weighted by atomic mass is 9.96. The molecule has 0 aliphatic carbocycles. The molecule has 2 aromatic carbocycles. The van der Waals surface area contributed by atoms with Gasteiger partial charge in [0.25, 0.3) is 0 Å². The first kappa shape index (κ1) is 12.7. The van der Waals surface area contributed by atoms with Crippen molar-refractivity contribution in [3.8, 4) is 11.1 Å². The van der Waals surface area contributed by atoms with Crippen LogP contribution >= 0.6 is 0 Å². The van der Waals surface area contributed by atoms with E-state index in [9.17, 15) is 0 Å². The zero-order chi connectivity index (χ0) is 13.1. The Hall–Kier alpha value is -1.80. The van der Waals surface area contributed by atoms with Gasteiger partial charge in [-0.1, -0.05) is 36.4 Å². The third kappa shape index (κ3) is 2.54. The third-order valence-corrected chi connectivity index (χ3v) is 3.15. The van der Waals surface area contributed by atoms with Gasteiger partial charge in [0.2, 0.25) is 0 Å². The van der Waals surface area contributed by atoms with Crippen LogP contribution in [0.5, 0.6) is 0 Å². The van der Waals surface area contributed by atoms with Crippen molar-refractivity contribution < 1.29 is 0 Å². The molecule has 0 spiro atoms. The lowest BCUT2D eigenvalue weighted by Gasteiger charge is -2.15. The fourth-order valence-electron chi connectivity index (χ4n) is 2.10. The maximum Gasteiger partial charge on any atom is 0.0361 e. The molecule has 0 bridgehead atoms. The highest BCUT2D eigenvalue weighted by Gasteiger charge is 2.07. The molecule has 0 fully saturated rings. The third-order valence-electron chi connectivity index (χ3n) is 3.15. The predicted molar refractivity (Wildman–Crippen MR) is 78.8 cm³/mol. The molecular weight excluding hydrogens is 220 g/mol. The van der Waals surface area contributed by atoms with Crippen molar-refractivity contribution >= 4 is 5.69 Å². The van der Waals surface area contributed by atoms with Crippen LogP contribution in [-0.4, -0.2) is 14.1 Å². The molecule has 0 aliphatic rings. The molecule has 2 rings (SSSR count). The topological polar surface area (TPSA) is 29.3 Å². The van der Waals surface area contributed by atoms with Gasteiger partial charge in [-0.25, -0.2) is 0 Å². The molecule has 0 amide bonds. The first-order chi connectivity index (χ1) is 8.59. The zero-order valence-electron chi connectivity index (χ0n) is 11.2. The summed E-state index contributed by atoms with van der Waals surface area (Å²) in [6, 6.07) is 16.9. The van der Waals surface area contributed by atoms with E-state index in [-0.39, 0.29) is 6.04 Å². The van der Waals surface area contributed by atoms with E-state index in [0.717, 1.165) is 0 Å². The molecule has 1 atom stereocenters. The molecule has 2 heteroatoms. The molecule has 0 saturated carbocycles. The van der Waals surface area contributed by atoms with Gasteiger partial charge in [-0.3, -0.25) is 0 Å². The minimum atomic E-state index is 0.0507. The Kier molecular flexibility index (Phi) is 3.68. The predicted octanol–water partition coefficient (Wildman–Crippen LogP) is 3.44. The minimum absolute atomic E-state index is 0.0507. The number of rotatable bonds is 3. The molecular formula is C16H20N2. The van der Waals surface area contributed by atoms with Gasteiger partial charge in [0.1, 0.15) is 0 Å². The zero-order valence-corrected chi connectivity index (χ0v) is 11.2. The van der Waals surface area contributed by atoms with Crippen molar-refractivity contribution in [2.45, 2.75) is 13.0 Å². The molecule has 0 saturated heterocycles. The molecule has 94 valence electrons. The molecule has 0 aromatic heterocycles. The van der Waals surface area contributed by atoms with E-state index in [0.29, 0.717) is 0 Å². The molecule has 1 unspecified atom stereocenters. The monoisotopic (exact) mass is 240 g/mol. The lowest BCUT2D eigenvalue weighted by Crippen LogP contribution is -2.08. The van der Waals surface area contributed by atoms with E-state index in [1.165, 1.54) is 22.4 Å². The van der Waals surface area contributed by atoms with Gasteiger partial charge < -0.3 is 10.6 Å². The molecule has 0 heterocycles. The standard InChI is InChI=1S/C16H20N2/c1-12(17)15-6-4-5-7-16(15)13-8-10-14(11-9-13)18(2)3/h4-12H,17H2,1-3H3. The molecule has 0 aliphatic heterocycles. The van der Waals surface area contributed by atoms with E-state index in [1.54, 1.807) is 0 Å². The van der Waals surface area contributed by atoms with Crippen LogP contribution in [0.3, 0.4) is 0 Å². The first-order valence-corrected chi connectivity index (χ1v) is 6.22. The fourth-order valence-corrected chi connectivity index (χ4v) is 2.10. The van der Waals surface area contributed by atoms with Crippen molar-refractivity contribution in [3.63, 3.8) is 0 Å². The van der Waals surface area contributed by atoms with E-state index >= 15 is 0 Å². The van der Waals surface area contributed by atoms with Crippen LogP contribution in [0.15, 0.2) is 48.5 Å². The maximum absolute atomic E-state index is 6.02. The molecule has 18 heavy (non-hydrogen) atoms. The second-order valence-corrected chi connectivity index (χ2v) is 4.82. The Morgan fingerprint density at radius 1 is 0.944 bits per heavy atom.